The predicted octanol–water partition coefficient (Wildman–Crippen LogP) is 2.49. The minimum atomic E-state index is -2.53. The fraction of sp³-hybridized carbons (Fsp3) is 0.350. The molecular formula is C20H20F2N6O3. The van der Waals surface area contributed by atoms with Crippen molar-refractivity contribution in [2.45, 2.75) is 20.0 Å². The molecule has 3 heterocycles. The molecule has 0 bridgehead atoms. The number of esters is 1. The second-order valence-corrected chi connectivity index (χ2v) is 7.07. The topological polar surface area (TPSA) is 95.3 Å². The first-order valence-electron chi connectivity index (χ1n) is 9.55. The van der Waals surface area contributed by atoms with Crippen LogP contribution in [0.2, 0.25) is 0 Å². The molecule has 0 radical (unpaired) electrons. The number of aryl methyl sites for hydroxylation is 1. The Morgan fingerprint density at radius 2 is 1.87 bits per heavy atom. The molecule has 1 fully saturated rings. The van der Waals surface area contributed by atoms with Crippen molar-refractivity contribution in [3.05, 3.63) is 53.3 Å². The van der Waals surface area contributed by atoms with E-state index in [9.17, 15) is 13.6 Å². The molecule has 3 aromatic rings. The van der Waals surface area contributed by atoms with Crippen LogP contribution in [0.15, 0.2) is 36.4 Å². The van der Waals surface area contributed by atoms with Gasteiger partial charge >= 0.3 is 5.97 Å². The van der Waals surface area contributed by atoms with Gasteiger partial charge in [-0.3, -0.25) is 4.79 Å². The van der Waals surface area contributed by atoms with Crippen LogP contribution in [0.5, 0.6) is 5.88 Å². The summed E-state index contributed by atoms with van der Waals surface area (Å²) in [6.45, 7) is 2.98. The van der Waals surface area contributed by atoms with E-state index >= 15 is 0 Å². The molecule has 9 nitrogen and oxygen atoms in total. The Morgan fingerprint density at radius 1 is 1.13 bits per heavy atom. The number of carbonyl (C=O) groups is 1. The minimum Gasteiger partial charge on any atom is -0.470 e. The molecule has 0 N–H and O–H groups in total. The van der Waals surface area contributed by atoms with E-state index in [-0.39, 0.29) is 24.1 Å². The number of hydrogen-bond acceptors (Lipinski definition) is 8. The molecule has 1 aliphatic rings. The van der Waals surface area contributed by atoms with Crippen LogP contribution >= 0.6 is 0 Å². The first-order chi connectivity index (χ1) is 15.0. The summed E-state index contributed by atoms with van der Waals surface area (Å²) >= 11 is 0. The average Bonchev–Trinajstić information content (AvgIpc) is 3.12. The van der Waals surface area contributed by atoms with E-state index in [2.05, 4.69) is 20.5 Å². The van der Waals surface area contributed by atoms with Gasteiger partial charge in [0.05, 0.1) is 24.4 Å². The molecule has 0 spiro atoms. The molecule has 0 saturated carbocycles. The summed E-state index contributed by atoms with van der Waals surface area (Å²) in [7, 11) is 1.37. The Labute approximate surface area is 176 Å². The highest BCUT2D eigenvalue weighted by Crippen LogP contribution is 2.24. The lowest BCUT2D eigenvalue weighted by molar-refractivity contribution is -0.146. The highest BCUT2D eigenvalue weighted by atomic mass is 19.3. The van der Waals surface area contributed by atoms with Crippen LogP contribution in [0.25, 0.3) is 5.69 Å². The molecule has 0 atom stereocenters. The number of anilines is 1. The SMILES string of the molecule is COC(=O)C1CN(c2ccc(OCc3c(C)nnn3-c3ccc(C(F)F)cc3)nn2)C1. The molecule has 11 heteroatoms. The summed E-state index contributed by atoms with van der Waals surface area (Å²) in [5, 5.41) is 16.3. The van der Waals surface area contributed by atoms with Gasteiger partial charge in [0, 0.05) is 24.7 Å². The number of ether oxygens (including phenoxy) is 2. The van der Waals surface area contributed by atoms with E-state index in [4.69, 9.17) is 9.47 Å². The molecule has 2 aromatic heterocycles. The second kappa shape index (κ2) is 8.62. The van der Waals surface area contributed by atoms with Crippen molar-refractivity contribution in [2.75, 3.05) is 25.1 Å². The number of rotatable bonds is 7. The summed E-state index contributed by atoms with van der Waals surface area (Å²) in [5.41, 5.74) is 1.85. The summed E-state index contributed by atoms with van der Waals surface area (Å²) in [6, 6.07) is 9.28. The van der Waals surface area contributed by atoms with Gasteiger partial charge in [0.1, 0.15) is 12.3 Å². The zero-order valence-corrected chi connectivity index (χ0v) is 16.9. The number of carbonyl (C=O) groups excluding carboxylic acids is 1. The summed E-state index contributed by atoms with van der Waals surface area (Å²) < 4.78 is 37.6. The molecule has 1 saturated heterocycles. The predicted molar refractivity (Wildman–Crippen MR) is 105 cm³/mol. The van der Waals surface area contributed by atoms with Crippen molar-refractivity contribution in [3.8, 4) is 11.6 Å². The summed E-state index contributed by atoms with van der Waals surface area (Å²) in [5.74, 6) is 0.588. The Morgan fingerprint density at radius 3 is 2.48 bits per heavy atom. The maximum Gasteiger partial charge on any atom is 0.312 e. The second-order valence-electron chi connectivity index (χ2n) is 7.07. The number of hydrogen-bond donors (Lipinski definition) is 0. The zero-order valence-electron chi connectivity index (χ0n) is 16.9. The van der Waals surface area contributed by atoms with Gasteiger partial charge in [0.25, 0.3) is 6.43 Å². The molecule has 1 aromatic carbocycles. The van der Waals surface area contributed by atoms with Crippen LogP contribution in [-0.2, 0) is 16.1 Å². The maximum absolute atomic E-state index is 12.8. The number of alkyl halides is 2. The third kappa shape index (κ3) is 4.30. The van der Waals surface area contributed by atoms with Crippen LogP contribution < -0.4 is 9.64 Å². The van der Waals surface area contributed by atoms with Crippen molar-refractivity contribution < 1.29 is 23.0 Å². The van der Waals surface area contributed by atoms with Gasteiger partial charge in [-0.2, -0.15) is 0 Å². The van der Waals surface area contributed by atoms with Crippen molar-refractivity contribution >= 4 is 11.8 Å². The Hall–Kier alpha value is -3.63. The van der Waals surface area contributed by atoms with Crippen molar-refractivity contribution in [1.29, 1.82) is 0 Å². The standard InChI is InChI=1S/C20H20F2N6O3/c1-12-16(28(26-23-12)15-5-3-13(4-6-15)19(21)22)11-31-18-8-7-17(24-25-18)27-9-14(10-27)20(29)30-2/h3-8,14,19H,9-11H2,1-2H3. The van der Waals surface area contributed by atoms with Crippen molar-refractivity contribution in [2.24, 2.45) is 5.92 Å². The number of benzene rings is 1. The Balaban J connectivity index is 1.40. The maximum atomic E-state index is 12.8. The lowest BCUT2D eigenvalue weighted by atomic mass is 10.0. The van der Waals surface area contributed by atoms with Crippen molar-refractivity contribution in [3.63, 3.8) is 0 Å². The first-order valence-corrected chi connectivity index (χ1v) is 9.55. The zero-order chi connectivity index (χ0) is 22.0. The highest BCUT2D eigenvalue weighted by Gasteiger charge is 2.34. The third-order valence-corrected chi connectivity index (χ3v) is 5.07. The van der Waals surface area contributed by atoms with Gasteiger partial charge < -0.3 is 14.4 Å². The Bertz CT molecular complexity index is 1050. The molecule has 162 valence electrons. The lowest BCUT2D eigenvalue weighted by Gasteiger charge is -2.37. The largest absolute Gasteiger partial charge is 0.470 e. The quantitative estimate of drug-likeness (QED) is 0.528. The molecule has 0 aliphatic carbocycles. The number of nitrogens with zero attached hydrogens (tertiary/aromatic N) is 6. The smallest absolute Gasteiger partial charge is 0.312 e. The Kier molecular flexibility index (Phi) is 5.74. The van der Waals surface area contributed by atoms with Crippen LogP contribution in [0.3, 0.4) is 0 Å². The third-order valence-electron chi connectivity index (χ3n) is 5.07. The van der Waals surface area contributed by atoms with Gasteiger partial charge in [-0.1, -0.05) is 17.3 Å². The molecule has 1 aliphatic heterocycles. The van der Waals surface area contributed by atoms with E-state index < -0.39 is 6.43 Å². The molecule has 0 amide bonds. The van der Waals surface area contributed by atoms with Crippen LogP contribution in [-0.4, -0.2) is 51.4 Å². The van der Waals surface area contributed by atoms with E-state index in [0.717, 1.165) is 0 Å². The summed E-state index contributed by atoms with van der Waals surface area (Å²) in [6.07, 6.45) is -2.53. The van der Waals surface area contributed by atoms with Crippen LogP contribution in [0, 0.1) is 12.8 Å². The van der Waals surface area contributed by atoms with Gasteiger partial charge in [-0.15, -0.1) is 15.3 Å². The van der Waals surface area contributed by atoms with Gasteiger partial charge in [0.15, 0.2) is 5.82 Å². The molecule has 4 rings (SSSR count). The van der Waals surface area contributed by atoms with Crippen LogP contribution in [0.4, 0.5) is 14.6 Å². The number of aromatic nitrogens is 5. The molecule has 0 unspecified atom stereocenters. The van der Waals surface area contributed by atoms with Gasteiger partial charge in [-0.05, 0) is 25.1 Å². The molecular weight excluding hydrogens is 410 g/mol. The normalized spacial score (nSPS) is 13.9. The van der Waals surface area contributed by atoms with E-state index in [1.165, 1.54) is 19.2 Å². The first kappa shape index (κ1) is 20.6. The fourth-order valence-electron chi connectivity index (χ4n) is 3.19. The number of methoxy groups -OCH3 is 1. The van der Waals surface area contributed by atoms with Gasteiger partial charge in [-0.25, -0.2) is 13.5 Å². The van der Waals surface area contributed by atoms with E-state index in [1.54, 1.807) is 35.9 Å². The average molecular weight is 430 g/mol. The highest BCUT2D eigenvalue weighted by molar-refractivity contribution is 5.76. The van der Waals surface area contributed by atoms with Crippen LogP contribution in [0.1, 0.15) is 23.4 Å². The van der Waals surface area contributed by atoms with E-state index in [1.807, 2.05) is 4.90 Å². The molecule has 31 heavy (non-hydrogen) atoms. The monoisotopic (exact) mass is 430 g/mol. The van der Waals surface area contributed by atoms with E-state index in [0.29, 0.717) is 41.9 Å². The van der Waals surface area contributed by atoms with Crippen molar-refractivity contribution in [1.82, 2.24) is 25.2 Å². The minimum absolute atomic E-state index is 0.0612. The lowest BCUT2D eigenvalue weighted by Crippen LogP contribution is -2.51. The summed E-state index contributed by atoms with van der Waals surface area (Å²) in [4.78, 5) is 13.4. The van der Waals surface area contributed by atoms with Gasteiger partial charge in [0.2, 0.25) is 5.88 Å². The fourth-order valence-corrected chi connectivity index (χ4v) is 3.19. The number of halogens is 2.